The monoisotopic (exact) mass is 513 g/mol. The summed E-state index contributed by atoms with van der Waals surface area (Å²) in [7, 11) is 0. The Kier molecular flexibility index (Phi) is 5.12. The molecule has 2 fully saturated rings. The maximum Gasteiger partial charge on any atom is 0.223 e. The molecule has 3 aromatic heterocycles. The Balaban J connectivity index is 1.21. The van der Waals surface area contributed by atoms with Gasteiger partial charge in [0.25, 0.3) is 0 Å². The molecular weight excluding hydrogens is 494 g/mol. The Bertz CT molecular complexity index is 1270. The average molecular weight is 515 g/mol. The summed E-state index contributed by atoms with van der Waals surface area (Å²) in [6, 6.07) is 8.23. The minimum atomic E-state index is 0.399. The lowest BCUT2D eigenvalue weighted by molar-refractivity contribution is 0.0900. The van der Waals surface area contributed by atoms with Crippen LogP contribution in [0, 0.1) is 5.92 Å². The highest BCUT2D eigenvalue weighted by atomic mass is 79.9. The van der Waals surface area contributed by atoms with Crippen LogP contribution in [0.5, 0.6) is 11.6 Å². The van der Waals surface area contributed by atoms with E-state index in [9.17, 15) is 0 Å². The van der Waals surface area contributed by atoms with Crippen molar-refractivity contribution in [3.63, 3.8) is 0 Å². The number of halogens is 2. The Hall–Kier alpha value is -2.49. The van der Waals surface area contributed by atoms with E-state index in [4.69, 9.17) is 16.3 Å². The predicted molar refractivity (Wildman–Crippen MR) is 124 cm³/mol. The first kappa shape index (κ1) is 20.1. The van der Waals surface area contributed by atoms with Crippen molar-refractivity contribution in [3.8, 4) is 11.6 Å². The molecule has 0 radical (unpaired) electrons. The van der Waals surface area contributed by atoms with Gasteiger partial charge in [0.1, 0.15) is 11.3 Å². The highest BCUT2D eigenvalue weighted by Gasteiger charge is 2.29. The lowest BCUT2D eigenvalue weighted by Crippen LogP contribution is -2.47. The van der Waals surface area contributed by atoms with E-state index in [0.29, 0.717) is 29.2 Å². The number of likely N-dealkylation sites (tertiary alicyclic amines) is 1. The fraction of sp³-hybridized carbons (Fsp3) is 0.364. The lowest BCUT2D eigenvalue weighted by atomic mass is 10.1. The van der Waals surface area contributed by atoms with Crippen LogP contribution in [0.15, 0.2) is 47.3 Å². The Morgan fingerprint density at radius 2 is 2.09 bits per heavy atom. The molecule has 10 heteroatoms. The van der Waals surface area contributed by atoms with Crippen molar-refractivity contribution in [1.29, 1.82) is 0 Å². The van der Waals surface area contributed by atoms with Gasteiger partial charge in [-0.15, -0.1) is 5.10 Å². The molecule has 164 valence electrons. The van der Waals surface area contributed by atoms with Crippen molar-refractivity contribution in [2.45, 2.75) is 32.0 Å². The summed E-state index contributed by atoms with van der Waals surface area (Å²) < 4.78 is 11.0. The molecule has 1 aromatic carbocycles. The van der Waals surface area contributed by atoms with Crippen LogP contribution in [0.3, 0.4) is 0 Å². The van der Waals surface area contributed by atoms with Crippen molar-refractivity contribution in [3.05, 3.63) is 57.9 Å². The predicted octanol–water partition coefficient (Wildman–Crippen LogP) is 4.70. The van der Waals surface area contributed by atoms with E-state index in [-0.39, 0.29) is 0 Å². The summed E-state index contributed by atoms with van der Waals surface area (Å²) >= 11 is 9.92. The van der Waals surface area contributed by atoms with Crippen LogP contribution in [-0.4, -0.2) is 47.7 Å². The molecule has 8 nitrogen and oxygen atoms in total. The number of fused-ring (bicyclic) bond motifs is 1. The first-order valence-corrected chi connectivity index (χ1v) is 11.9. The van der Waals surface area contributed by atoms with Crippen molar-refractivity contribution in [2.24, 2.45) is 5.92 Å². The molecule has 2 aliphatic rings. The average Bonchev–Trinajstić information content (AvgIpc) is 3.23. The third-order valence-electron chi connectivity index (χ3n) is 6.05. The Morgan fingerprint density at radius 1 is 1.22 bits per heavy atom. The summed E-state index contributed by atoms with van der Waals surface area (Å²) in [5.74, 6) is 1.93. The third kappa shape index (κ3) is 3.89. The highest BCUT2D eigenvalue weighted by molar-refractivity contribution is 9.10. The fourth-order valence-electron chi connectivity index (χ4n) is 4.10. The van der Waals surface area contributed by atoms with Crippen molar-refractivity contribution < 1.29 is 4.74 Å². The lowest BCUT2D eigenvalue weighted by Gasteiger charge is -2.39. The molecule has 4 aromatic rings. The standard InChI is InChI=1S/C22H21BrClN7O/c23-20-19(5-4-18-21(20)27-28-31(18)10-14-2-3-14)32-22-15(8-16(24)9-25-22)11-29-12-17(13-29)30-7-1-6-26-30/h1,4-9,14,17H,2-3,10-13H2. The Morgan fingerprint density at radius 3 is 2.88 bits per heavy atom. The van der Waals surface area contributed by atoms with Crippen molar-refractivity contribution >= 4 is 38.6 Å². The van der Waals surface area contributed by atoms with E-state index >= 15 is 0 Å². The zero-order chi connectivity index (χ0) is 21.7. The minimum absolute atomic E-state index is 0.399. The largest absolute Gasteiger partial charge is 0.437 e. The van der Waals surface area contributed by atoms with Gasteiger partial charge < -0.3 is 4.74 Å². The van der Waals surface area contributed by atoms with Gasteiger partial charge >= 0.3 is 0 Å². The van der Waals surface area contributed by atoms with Crippen LogP contribution >= 0.6 is 27.5 Å². The molecule has 0 N–H and O–H groups in total. The molecule has 6 rings (SSSR count). The number of aromatic nitrogens is 6. The fourth-order valence-corrected chi connectivity index (χ4v) is 4.78. The van der Waals surface area contributed by atoms with Crippen LogP contribution in [0.4, 0.5) is 0 Å². The molecule has 0 amide bonds. The number of ether oxygens (including phenoxy) is 1. The van der Waals surface area contributed by atoms with Crippen LogP contribution in [-0.2, 0) is 13.1 Å². The summed E-state index contributed by atoms with van der Waals surface area (Å²) in [4.78, 5) is 6.80. The summed E-state index contributed by atoms with van der Waals surface area (Å²) in [6.45, 7) is 3.47. The van der Waals surface area contributed by atoms with Gasteiger partial charge in [0.2, 0.25) is 5.88 Å². The Labute approximate surface area is 198 Å². The molecule has 1 saturated carbocycles. The topological polar surface area (TPSA) is 73.9 Å². The molecule has 32 heavy (non-hydrogen) atoms. The van der Waals surface area contributed by atoms with E-state index in [1.807, 2.05) is 46.0 Å². The number of hydrogen-bond acceptors (Lipinski definition) is 6. The molecule has 4 heterocycles. The first-order chi connectivity index (χ1) is 15.6. The van der Waals surface area contributed by atoms with Gasteiger partial charge in [-0.2, -0.15) is 5.10 Å². The van der Waals surface area contributed by atoms with Crippen molar-refractivity contribution in [2.75, 3.05) is 13.1 Å². The summed E-state index contributed by atoms with van der Waals surface area (Å²) in [5.41, 5.74) is 2.75. The van der Waals surface area contributed by atoms with Gasteiger partial charge in [-0.25, -0.2) is 9.67 Å². The number of rotatable bonds is 7. The first-order valence-electron chi connectivity index (χ1n) is 10.7. The SMILES string of the molecule is Clc1cnc(Oc2ccc3c(nnn3CC3CC3)c2Br)c(CN2CC(n3cccn3)C2)c1. The van der Waals surface area contributed by atoms with Gasteiger partial charge in [-0.3, -0.25) is 9.58 Å². The number of hydrogen-bond donors (Lipinski definition) is 0. The maximum absolute atomic E-state index is 6.25. The molecule has 0 bridgehead atoms. The van der Waals surface area contributed by atoms with Crippen molar-refractivity contribution in [1.82, 2.24) is 34.7 Å². The van der Waals surface area contributed by atoms with Gasteiger partial charge in [-0.05, 0) is 59.0 Å². The number of benzene rings is 1. The van der Waals surface area contributed by atoms with E-state index in [0.717, 1.165) is 46.6 Å². The quantitative estimate of drug-likeness (QED) is 0.356. The third-order valence-corrected chi connectivity index (χ3v) is 7.02. The molecule has 0 atom stereocenters. The zero-order valence-corrected chi connectivity index (χ0v) is 19.6. The summed E-state index contributed by atoms with van der Waals surface area (Å²) in [5, 5.41) is 13.6. The van der Waals surface area contributed by atoms with Crippen LogP contribution in [0.1, 0.15) is 24.4 Å². The second-order valence-corrected chi connectivity index (χ2v) is 9.74. The van der Waals surface area contributed by atoms with Gasteiger partial charge in [-0.1, -0.05) is 16.8 Å². The zero-order valence-electron chi connectivity index (χ0n) is 17.2. The molecule has 0 spiro atoms. The second kappa shape index (κ2) is 8.13. The molecular formula is C22H21BrClN7O. The van der Waals surface area contributed by atoms with E-state index in [1.54, 1.807) is 6.20 Å². The smallest absolute Gasteiger partial charge is 0.223 e. The van der Waals surface area contributed by atoms with Crippen LogP contribution in [0.25, 0.3) is 11.0 Å². The number of nitrogens with zero attached hydrogens (tertiary/aromatic N) is 7. The normalized spacial score (nSPS) is 17.1. The van der Waals surface area contributed by atoms with Gasteiger partial charge in [0, 0.05) is 50.3 Å². The maximum atomic E-state index is 6.25. The van der Waals surface area contributed by atoms with Gasteiger partial charge in [0.15, 0.2) is 0 Å². The van der Waals surface area contributed by atoms with E-state index in [1.165, 1.54) is 12.8 Å². The molecule has 1 aliphatic heterocycles. The minimum Gasteiger partial charge on any atom is -0.437 e. The van der Waals surface area contributed by atoms with E-state index < -0.39 is 0 Å². The van der Waals surface area contributed by atoms with Crippen LogP contribution < -0.4 is 4.74 Å². The highest BCUT2D eigenvalue weighted by Crippen LogP contribution is 2.37. The number of pyridine rings is 1. The molecule has 1 aliphatic carbocycles. The van der Waals surface area contributed by atoms with Gasteiger partial charge in [0.05, 0.1) is 21.1 Å². The second-order valence-electron chi connectivity index (χ2n) is 8.51. The molecule has 1 saturated heterocycles. The van der Waals surface area contributed by atoms with Crippen LogP contribution in [0.2, 0.25) is 5.02 Å². The van der Waals surface area contributed by atoms with E-state index in [2.05, 4.69) is 41.2 Å². The summed E-state index contributed by atoms with van der Waals surface area (Å²) in [6.07, 6.45) is 7.98. The molecule has 0 unspecified atom stereocenters.